The monoisotopic (exact) mass is 290 g/mol. The van der Waals surface area contributed by atoms with E-state index in [9.17, 15) is 5.11 Å². The molecule has 0 aliphatic carbocycles. The van der Waals surface area contributed by atoms with E-state index in [0.29, 0.717) is 0 Å². The second-order valence-electron chi connectivity index (χ2n) is 6.10. The topological polar surface area (TPSA) is 47.9 Å². The van der Waals surface area contributed by atoms with Gasteiger partial charge in [0.25, 0.3) is 0 Å². The highest BCUT2D eigenvalue weighted by molar-refractivity contribution is 4.83. The van der Waals surface area contributed by atoms with E-state index in [1.165, 1.54) is 0 Å². The molecule has 0 aromatic carbocycles. The van der Waals surface area contributed by atoms with Gasteiger partial charge in [-0.1, -0.05) is 20.8 Å². The summed E-state index contributed by atoms with van der Waals surface area (Å²) in [6.45, 7) is 15.5. The van der Waals surface area contributed by atoms with E-state index in [2.05, 4.69) is 0 Å². The highest BCUT2D eigenvalue weighted by Gasteiger charge is 2.50. The van der Waals surface area contributed by atoms with Crippen LogP contribution in [0.1, 0.15) is 74.7 Å². The Morgan fingerprint density at radius 1 is 0.750 bits per heavy atom. The standard InChI is InChI=1S/C16H34O4/c1-9-12(4)18-15(7,8)16(17,19-13(5)10-2)20-14(6)11-3/h12-14,17H,9-11H2,1-8H3. The van der Waals surface area contributed by atoms with E-state index in [1.54, 1.807) is 0 Å². The van der Waals surface area contributed by atoms with Crippen molar-refractivity contribution in [2.24, 2.45) is 0 Å². The van der Waals surface area contributed by atoms with Crippen LogP contribution in [0.15, 0.2) is 0 Å². The van der Waals surface area contributed by atoms with Crippen LogP contribution in [0.5, 0.6) is 0 Å². The maximum absolute atomic E-state index is 10.9. The van der Waals surface area contributed by atoms with Crippen molar-refractivity contribution in [1.82, 2.24) is 0 Å². The quantitative estimate of drug-likeness (QED) is 0.621. The molecule has 0 bridgehead atoms. The maximum atomic E-state index is 10.9. The molecule has 0 heterocycles. The minimum atomic E-state index is -1.75. The minimum Gasteiger partial charge on any atom is -0.364 e. The SMILES string of the molecule is CCC(C)OC(C)(C)C(O)(OC(C)CC)OC(C)CC. The number of hydrogen-bond acceptors (Lipinski definition) is 4. The molecular weight excluding hydrogens is 256 g/mol. The van der Waals surface area contributed by atoms with Gasteiger partial charge >= 0.3 is 5.97 Å². The van der Waals surface area contributed by atoms with Crippen molar-refractivity contribution in [2.75, 3.05) is 0 Å². The van der Waals surface area contributed by atoms with Crippen LogP contribution in [0.25, 0.3) is 0 Å². The van der Waals surface area contributed by atoms with Crippen LogP contribution in [0.2, 0.25) is 0 Å². The van der Waals surface area contributed by atoms with Gasteiger partial charge in [-0.3, -0.25) is 0 Å². The Hall–Kier alpha value is -0.160. The van der Waals surface area contributed by atoms with E-state index in [1.807, 2.05) is 55.4 Å². The number of rotatable bonds is 10. The van der Waals surface area contributed by atoms with Crippen LogP contribution in [-0.2, 0) is 14.2 Å². The molecule has 0 aromatic rings. The lowest BCUT2D eigenvalue weighted by Crippen LogP contribution is -2.59. The van der Waals surface area contributed by atoms with Crippen LogP contribution in [-0.4, -0.2) is 35.0 Å². The Kier molecular flexibility index (Phi) is 8.26. The van der Waals surface area contributed by atoms with Gasteiger partial charge < -0.3 is 19.3 Å². The summed E-state index contributed by atoms with van der Waals surface area (Å²) < 4.78 is 17.5. The van der Waals surface area contributed by atoms with E-state index in [0.717, 1.165) is 19.3 Å². The molecule has 0 spiro atoms. The molecule has 0 aliphatic rings. The third-order valence-electron chi connectivity index (χ3n) is 3.70. The number of hydrogen-bond donors (Lipinski definition) is 1. The molecule has 0 saturated heterocycles. The fourth-order valence-electron chi connectivity index (χ4n) is 1.68. The zero-order valence-electron chi connectivity index (χ0n) is 14.5. The smallest absolute Gasteiger partial charge is 0.311 e. The largest absolute Gasteiger partial charge is 0.364 e. The third-order valence-corrected chi connectivity index (χ3v) is 3.70. The van der Waals surface area contributed by atoms with Crippen molar-refractivity contribution in [3.05, 3.63) is 0 Å². The summed E-state index contributed by atoms with van der Waals surface area (Å²) in [4.78, 5) is 0. The lowest BCUT2D eigenvalue weighted by atomic mass is 10.0. The molecule has 0 aliphatic heterocycles. The highest BCUT2D eigenvalue weighted by Crippen LogP contribution is 2.33. The Morgan fingerprint density at radius 2 is 1.05 bits per heavy atom. The molecule has 1 N–H and O–H groups in total. The van der Waals surface area contributed by atoms with Crippen LogP contribution >= 0.6 is 0 Å². The second-order valence-corrected chi connectivity index (χ2v) is 6.10. The average molecular weight is 290 g/mol. The first-order chi connectivity index (χ1) is 9.11. The van der Waals surface area contributed by atoms with Crippen molar-refractivity contribution in [2.45, 2.75) is 105 Å². The molecule has 0 rings (SSSR count). The van der Waals surface area contributed by atoms with E-state index < -0.39 is 11.6 Å². The van der Waals surface area contributed by atoms with Crippen molar-refractivity contribution in [3.8, 4) is 0 Å². The van der Waals surface area contributed by atoms with Gasteiger partial charge in [0.2, 0.25) is 0 Å². The first kappa shape index (κ1) is 19.8. The van der Waals surface area contributed by atoms with Gasteiger partial charge in [0.15, 0.2) is 0 Å². The zero-order chi connectivity index (χ0) is 16.0. The molecule has 0 saturated carbocycles. The Labute approximate surface area is 124 Å². The van der Waals surface area contributed by atoms with Crippen LogP contribution < -0.4 is 0 Å². The van der Waals surface area contributed by atoms with E-state index in [-0.39, 0.29) is 18.3 Å². The summed E-state index contributed by atoms with van der Waals surface area (Å²) in [6, 6.07) is 0. The molecule has 0 amide bonds. The van der Waals surface area contributed by atoms with Crippen molar-refractivity contribution >= 4 is 0 Å². The van der Waals surface area contributed by atoms with E-state index in [4.69, 9.17) is 14.2 Å². The molecule has 3 atom stereocenters. The molecule has 4 nitrogen and oxygen atoms in total. The number of aliphatic hydroxyl groups is 1. The fraction of sp³-hybridized carbons (Fsp3) is 1.00. The lowest BCUT2D eigenvalue weighted by molar-refractivity contribution is -0.447. The molecule has 20 heavy (non-hydrogen) atoms. The van der Waals surface area contributed by atoms with Gasteiger partial charge in [-0.25, -0.2) is 0 Å². The third kappa shape index (κ3) is 5.68. The summed E-state index contributed by atoms with van der Waals surface area (Å²) in [5.74, 6) is -1.75. The van der Waals surface area contributed by atoms with Crippen molar-refractivity contribution < 1.29 is 19.3 Å². The normalized spacial score (nSPS) is 20.2. The zero-order valence-corrected chi connectivity index (χ0v) is 14.5. The Bertz CT molecular complexity index is 253. The molecule has 3 unspecified atom stereocenters. The fourth-order valence-corrected chi connectivity index (χ4v) is 1.68. The van der Waals surface area contributed by atoms with Gasteiger partial charge in [-0.15, -0.1) is 0 Å². The summed E-state index contributed by atoms with van der Waals surface area (Å²) in [5.41, 5.74) is -0.949. The van der Waals surface area contributed by atoms with Gasteiger partial charge in [-0.05, 0) is 53.9 Å². The second kappa shape index (κ2) is 8.32. The number of ether oxygens (including phenoxy) is 3. The highest BCUT2D eigenvalue weighted by atomic mass is 16.8. The van der Waals surface area contributed by atoms with Crippen molar-refractivity contribution in [1.29, 1.82) is 0 Å². The van der Waals surface area contributed by atoms with Crippen LogP contribution in [0.3, 0.4) is 0 Å². The van der Waals surface area contributed by atoms with Gasteiger partial charge in [0.05, 0.1) is 18.3 Å². The average Bonchev–Trinajstić information content (AvgIpc) is 2.37. The van der Waals surface area contributed by atoms with Gasteiger partial charge in [-0.2, -0.15) is 0 Å². The van der Waals surface area contributed by atoms with Crippen LogP contribution in [0.4, 0.5) is 0 Å². The molecule has 0 fully saturated rings. The Balaban J connectivity index is 5.15. The van der Waals surface area contributed by atoms with Gasteiger partial charge in [0, 0.05) is 0 Å². The van der Waals surface area contributed by atoms with Crippen molar-refractivity contribution in [3.63, 3.8) is 0 Å². The summed E-state index contributed by atoms with van der Waals surface area (Å²) >= 11 is 0. The maximum Gasteiger partial charge on any atom is 0.311 e. The predicted molar refractivity (Wildman–Crippen MR) is 81.5 cm³/mol. The Morgan fingerprint density at radius 3 is 1.35 bits per heavy atom. The van der Waals surface area contributed by atoms with Gasteiger partial charge in [0.1, 0.15) is 5.60 Å². The lowest BCUT2D eigenvalue weighted by Gasteiger charge is -2.44. The minimum absolute atomic E-state index is 0.0255. The van der Waals surface area contributed by atoms with Crippen LogP contribution in [0, 0.1) is 0 Å². The summed E-state index contributed by atoms with van der Waals surface area (Å²) in [5, 5.41) is 10.9. The predicted octanol–water partition coefficient (Wildman–Crippen LogP) is 3.86. The molecule has 4 heteroatoms. The summed E-state index contributed by atoms with van der Waals surface area (Å²) in [7, 11) is 0. The molecule has 122 valence electrons. The first-order valence-electron chi connectivity index (χ1n) is 7.87. The molecular formula is C16H34O4. The molecule has 0 aromatic heterocycles. The summed E-state index contributed by atoms with van der Waals surface area (Å²) in [6.07, 6.45) is 2.27. The first-order valence-corrected chi connectivity index (χ1v) is 7.87. The van der Waals surface area contributed by atoms with E-state index >= 15 is 0 Å². The molecule has 0 radical (unpaired) electrons.